The number of para-hydroxylation sites is 1. The van der Waals surface area contributed by atoms with Gasteiger partial charge in [0.25, 0.3) is 0 Å². The molecule has 0 radical (unpaired) electrons. The first-order valence-corrected chi connectivity index (χ1v) is 6.84. The second kappa shape index (κ2) is 7.42. The summed E-state index contributed by atoms with van der Waals surface area (Å²) < 4.78 is 11.0. The van der Waals surface area contributed by atoms with Crippen LogP contribution in [0.4, 0.5) is 0 Å². The largest absolute Gasteiger partial charge is 0.493 e. The van der Waals surface area contributed by atoms with Crippen LogP contribution in [-0.4, -0.2) is 27.9 Å². The molecule has 1 unspecified atom stereocenters. The van der Waals surface area contributed by atoms with Crippen LogP contribution >= 0.6 is 0 Å². The Kier molecular flexibility index (Phi) is 5.31. The SMILES string of the molecule is CC(CC(=O)O)Cc1nnc(CCOc2ccccc2)o1. The van der Waals surface area contributed by atoms with Crippen molar-refractivity contribution in [3.63, 3.8) is 0 Å². The minimum absolute atomic E-state index is 0.0311. The third-order valence-corrected chi connectivity index (χ3v) is 2.88. The molecule has 112 valence electrons. The van der Waals surface area contributed by atoms with Crippen molar-refractivity contribution < 1.29 is 19.1 Å². The summed E-state index contributed by atoms with van der Waals surface area (Å²) in [5.74, 6) is 0.920. The van der Waals surface area contributed by atoms with Crippen LogP contribution in [0.2, 0.25) is 0 Å². The van der Waals surface area contributed by atoms with Gasteiger partial charge >= 0.3 is 5.97 Å². The number of benzene rings is 1. The number of carboxylic acids is 1. The van der Waals surface area contributed by atoms with E-state index in [1.165, 1.54) is 0 Å². The van der Waals surface area contributed by atoms with E-state index in [4.69, 9.17) is 14.3 Å². The van der Waals surface area contributed by atoms with E-state index in [0.29, 0.717) is 31.2 Å². The Morgan fingerprint density at radius 2 is 2.00 bits per heavy atom. The predicted octanol–water partition coefficient (Wildman–Crippen LogP) is 2.34. The quantitative estimate of drug-likeness (QED) is 0.803. The van der Waals surface area contributed by atoms with Crippen LogP contribution in [0.1, 0.15) is 25.1 Å². The summed E-state index contributed by atoms with van der Waals surface area (Å²) >= 11 is 0. The molecule has 1 aromatic carbocycles. The van der Waals surface area contributed by atoms with Gasteiger partial charge in [-0.1, -0.05) is 25.1 Å². The van der Waals surface area contributed by atoms with Crippen LogP contribution in [0.15, 0.2) is 34.7 Å². The predicted molar refractivity (Wildman–Crippen MR) is 75.1 cm³/mol. The molecule has 6 nitrogen and oxygen atoms in total. The molecule has 1 atom stereocenters. The Labute approximate surface area is 122 Å². The molecule has 2 aromatic rings. The van der Waals surface area contributed by atoms with Gasteiger partial charge in [-0.25, -0.2) is 0 Å². The van der Waals surface area contributed by atoms with Crippen molar-refractivity contribution in [1.82, 2.24) is 10.2 Å². The van der Waals surface area contributed by atoms with Crippen molar-refractivity contribution in [1.29, 1.82) is 0 Å². The zero-order chi connectivity index (χ0) is 15.1. The summed E-state index contributed by atoms with van der Waals surface area (Å²) in [5, 5.41) is 16.6. The summed E-state index contributed by atoms with van der Waals surface area (Å²) in [6.45, 7) is 2.30. The summed E-state index contributed by atoms with van der Waals surface area (Å²) in [7, 11) is 0. The van der Waals surface area contributed by atoms with Gasteiger partial charge in [-0.05, 0) is 18.1 Å². The van der Waals surface area contributed by atoms with E-state index in [2.05, 4.69) is 10.2 Å². The standard InChI is InChI=1S/C15H18N2O4/c1-11(10-15(18)19)9-14-17-16-13(21-14)7-8-20-12-5-3-2-4-6-12/h2-6,11H,7-10H2,1H3,(H,18,19). The Bertz CT molecular complexity index is 568. The van der Waals surface area contributed by atoms with E-state index in [1.54, 1.807) is 0 Å². The van der Waals surface area contributed by atoms with E-state index in [1.807, 2.05) is 37.3 Å². The molecule has 0 aliphatic rings. The Hall–Kier alpha value is -2.37. The van der Waals surface area contributed by atoms with Crippen LogP contribution in [-0.2, 0) is 17.6 Å². The smallest absolute Gasteiger partial charge is 0.303 e. The number of ether oxygens (including phenoxy) is 1. The van der Waals surface area contributed by atoms with Gasteiger partial charge < -0.3 is 14.3 Å². The molecule has 0 fully saturated rings. The van der Waals surface area contributed by atoms with Crippen molar-refractivity contribution >= 4 is 5.97 Å². The fourth-order valence-electron chi connectivity index (χ4n) is 1.91. The molecule has 0 saturated heterocycles. The van der Waals surface area contributed by atoms with E-state index in [-0.39, 0.29) is 12.3 Å². The maximum absolute atomic E-state index is 10.6. The highest BCUT2D eigenvalue weighted by molar-refractivity contribution is 5.66. The maximum Gasteiger partial charge on any atom is 0.303 e. The normalized spacial score (nSPS) is 12.0. The lowest BCUT2D eigenvalue weighted by atomic mass is 10.0. The molecule has 0 aliphatic heterocycles. The number of hydrogen-bond acceptors (Lipinski definition) is 5. The van der Waals surface area contributed by atoms with Crippen LogP contribution < -0.4 is 4.74 Å². The van der Waals surface area contributed by atoms with Gasteiger partial charge in [-0.2, -0.15) is 0 Å². The van der Waals surface area contributed by atoms with Crippen molar-refractivity contribution in [2.45, 2.75) is 26.2 Å². The number of aromatic nitrogens is 2. The number of rotatable bonds is 8. The van der Waals surface area contributed by atoms with Gasteiger partial charge in [0, 0.05) is 12.8 Å². The summed E-state index contributed by atoms with van der Waals surface area (Å²) in [4.78, 5) is 10.6. The molecular weight excluding hydrogens is 272 g/mol. The first-order chi connectivity index (χ1) is 10.1. The molecule has 0 amide bonds. The van der Waals surface area contributed by atoms with E-state index >= 15 is 0 Å². The Balaban J connectivity index is 1.76. The lowest BCUT2D eigenvalue weighted by Gasteiger charge is -2.04. The summed E-state index contributed by atoms with van der Waals surface area (Å²) in [6.07, 6.45) is 1.09. The third kappa shape index (κ3) is 5.25. The molecule has 0 bridgehead atoms. The van der Waals surface area contributed by atoms with Gasteiger partial charge in [-0.15, -0.1) is 10.2 Å². The zero-order valence-electron chi connectivity index (χ0n) is 11.9. The molecule has 0 aliphatic carbocycles. The van der Waals surface area contributed by atoms with Crippen molar-refractivity contribution in [2.75, 3.05) is 6.61 Å². The monoisotopic (exact) mass is 290 g/mol. The number of nitrogens with zero attached hydrogens (tertiary/aromatic N) is 2. The molecular formula is C15H18N2O4. The topological polar surface area (TPSA) is 85.5 Å². The minimum Gasteiger partial charge on any atom is -0.493 e. The third-order valence-electron chi connectivity index (χ3n) is 2.88. The number of carbonyl (C=O) groups is 1. The summed E-state index contributed by atoms with van der Waals surface area (Å²) in [5.41, 5.74) is 0. The minimum atomic E-state index is -0.821. The van der Waals surface area contributed by atoms with Gasteiger partial charge in [0.05, 0.1) is 13.0 Å². The van der Waals surface area contributed by atoms with Crippen LogP contribution in [0.5, 0.6) is 5.75 Å². The van der Waals surface area contributed by atoms with Crippen LogP contribution in [0.3, 0.4) is 0 Å². The van der Waals surface area contributed by atoms with Gasteiger partial charge in [0.2, 0.25) is 11.8 Å². The lowest BCUT2D eigenvalue weighted by Crippen LogP contribution is -2.07. The highest BCUT2D eigenvalue weighted by Crippen LogP contribution is 2.12. The van der Waals surface area contributed by atoms with Gasteiger partial charge in [-0.3, -0.25) is 4.79 Å². The number of hydrogen-bond donors (Lipinski definition) is 1. The number of carboxylic acid groups (broad SMARTS) is 1. The second-order valence-corrected chi connectivity index (χ2v) is 4.91. The Morgan fingerprint density at radius 3 is 2.71 bits per heavy atom. The average Bonchev–Trinajstić information content (AvgIpc) is 2.86. The second-order valence-electron chi connectivity index (χ2n) is 4.91. The van der Waals surface area contributed by atoms with Gasteiger partial charge in [0.1, 0.15) is 5.75 Å². The fourth-order valence-corrected chi connectivity index (χ4v) is 1.91. The van der Waals surface area contributed by atoms with Crippen molar-refractivity contribution in [2.24, 2.45) is 5.92 Å². The summed E-state index contributed by atoms with van der Waals surface area (Å²) in [6, 6.07) is 9.50. The van der Waals surface area contributed by atoms with Crippen molar-refractivity contribution in [3.8, 4) is 5.75 Å². The van der Waals surface area contributed by atoms with E-state index < -0.39 is 5.97 Å². The molecule has 1 N–H and O–H groups in total. The maximum atomic E-state index is 10.6. The first-order valence-electron chi connectivity index (χ1n) is 6.84. The van der Waals surface area contributed by atoms with Crippen LogP contribution in [0.25, 0.3) is 0 Å². The molecule has 21 heavy (non-hydrogen) atoms. The Morgan fingerprint density at radius 1 is 1.29 bits per heavy atom. The first kappa shape index (κ1) is 15.0. The molecule has 1 aromatic heterocycles. The number of aliphatic carboxylic acids is 1. The van der Waals surface area contributed by atoms with Crippen molar-refractivity contribution in [3.05, 3.63) is 42.1 Å². The lowest BCUT2D eigenvalue weighted by molar-refractivity contribution is -0.137. The highest BCUT2D eigenvalue weighted by Gasteiger charge is 2.13. The van der Waals surface area contributed by atoms with Gasteiger partial charge in [0.15, 0.2) is 0 Å². The van der Waals surface area contributed by atoms with E-state index in [9.17, 15) is 4.79 Å². The fraction of sp³-hybridized carbons (Fsp3) is 0.400. The zero-order valence-corrected chi connectivity index (χ0v) is 11.9. The van der Waals surface area contributed by atoms with E-state index in [0.717, 1.165) is 5.75 Å². The molecule has 1 heterocycles. The molecule has 0 spiro atoms. The molecule has 6 heteroatoms. The highest BCUT2D eigenvalue weighted by atomic mass is 16.5. The van der Waals surface area contributed by atoms with Crippen LogP contribution in [0, 0.1) is 5.92 Å². The molecule has 0 saturated carbocycles. The molecule has 2 rings (SSSR count). The average molecular weight is 290 g/mol.